The van der Waals surface area contributed by atoms with Gasteiger partial charge < -0.3 is 19.8 Å². The second-order valence-corrected chi connectivity index (χ2v) is 8.12. The van der Waals surface area contributed by atoms with Crippen LogP contribution in [0, 0.1) is 0 Å². The van der Waals surface area contributed by atoms with Crippen molar-refractivity contribution in [3.8, 4) is 5.75 Å². The number of urea groups is 1. The fourth-order valence-corrected chi connectivity index (χ4v) is 4.25. The molecule has 0 bridgehead atoms. The summed E-state index contributed by atoms with van der Waals surface area (Å²) < 4.78 is 0. The van der Waals surface area contributed by atoms with Crippen LogP contribution in [-0.2, 0) is 6.42 Å². The summed E-state index contributed by atoms with van der Waals surface area (Å²) in [6.45, 7) is 3.71. The molecule has 0 unspecified atom stereocenters. The van der Waals surface area contributed by atoms with E-state index < -0.39 is 0 Å². The molecule has 2 heterocycles. The maximum Gasteiger partial charge on any atom is 0.320 e. The van der Waals surface area contributed by atoms with E-state index in [9.17, 15) is 14.7 Å². The number of hydrogen-bond acceptors (Lipinski definition) is 3. The highest BCUT2D eigenvalue weighted by Crippen LogP contribution is 2.23. The van der Waals surface area contributed by atoms with Gasteiger partial charge in [0.2, 0.25) is 0 Å². The van der Waals surface area contributed by atoms with Gasteiger partial charge in [0.1, 0.15) is 5.75 Å². The highest BCUT2D eigenvalue weighted by Gasteiger charge is 2.29. The Morgan fingerprint density at radius 2 is 1.37 bits per heavy atom. The van der Waals surface area contributed by atoms with E-state index in [0.717, 1.165) is 37.1 Å². The predicted octanol–water partition coefficient (Wildman–Crippen LogP) is 3.35. The smallest absolute Gasteiger partial charge is 0.320 e. The molecule has 6 nitrogen and oxygen atoms in total. The average Bonchev–Trinajstić information content (AvgIpc) is 2.81. The Kier molecular flexibility index (Phi) is 6.21. The maximum absolute atomic E-state index is 13.1. The van der Waals surface area contributed by atoms with Gasteiger partial charge in [0, 0.05) is 39.3 Å². The van der Waals surface area contributed by atoms with Crippen molar-refractivity contribution in [3.63, 3.8) is 0 Å². The van der Waals surface area contributed by atoms with Crippen LogP contribution in [0.1, 0.15) is 40.7 Å². The van der Waals surface area contributed by atoms with Crippen LogP contribution in [0.2, 0.25) is 0 Å². The zero-order chi connectivity index (χ0) is 20.9. The van der Waals surface area contributed by atoms with Gasteiger partial charge >= 0.3 is 6.03 Å². The summed E-state index contributed by atoms with van der Waals surface area (Å²) in [6.07, 6.45) is 4.05. The van der Waals surface area contributed by atoms with Crippen molar-refractivity contribution in [2.75, 3.05) is 39.3 Å². The van der Waals surface area contributed by atoms with Crippen LogP contribution in [-0.4, -0.2) is 71.0 Å². The van der Waals surface area contributed by atoms with Gasteiger partial charge in [-0.2, -0.15) is 0 Å². The number of carbonyl (C=O) groups is 2. The SMILES string of the molecule is O=C(c1cc(Cc2ccccc2)ccc1O)N1CCN(C(=O)N2CCCCC2)CC1. The molecule has 4 rings (SSSR count). The topological polar surface area (TPSA) is 64.1 Å². The molecule has 2 aromatic rings. The fourth-order valence-electron chi connectivity index (χ4n) is 4.25. The first-order chi connectivity index (χ1) is 14.6. The molecule has 2 aliphatic heterocycles. The minimum Gasteiger partial charge on any atom is -0.507 e. The molecule has 2 saturated heterocycles. The van der Waals surface area contributed by atoms with Crippen LogP contribution in [0.5, 0.6) is 5.75 Å². The van der Waals surface area contributed by atoms with Gasteiger partial charge in [-0.15, -0.1) is 0 Å². The van der Waals surface area contributed by atoms with Crippen LogP contribution in [0.15, 0.2) is 48.5 Å². The highest BCUT2D eigenvalue weighted by molar-refractivity contribution is 5.97. The Morgan fingerprint density at radius 1 is 0.733 bits per heavy atom. The van der Waals surface area contributed by atoms with E-state index in [0.29, 0.717) is 38.2 Å². The average molecular weight is 408 g/mol. The van der Waals surface area contributed by atoms with Gasteiger partial charge in [-0.1, -0.05) is 36.4 Å². The quantitative estimate of drug-likeness (QED) is 0.849. The number of amides is 3. The molecule has 2 aromatic carbocycles. The lowest BCUT2D eigenvalue weighted by Crippen LogP contribution is -2.54. The van der Waals surface area contributed by atoms with E-state index in [1.165, 1.54) is 6.42 Å². The largest absolute Gasteiger partial charge is 0.507 e. The fraction of sp³-hybridized carbons (Fsp3) is 0.417. The van der Waals surface area contributed by atoms with Crippen molar-refractivity contribution in [2.24, 2.45) is 0 Å². The van der Waals surface area contributed by atoms with Crippen molar-refractivity contribution >= 4 is 11.9 Å². The normalized spacial score (nSPS) is 17.1. The van der Waals surface area contributed by atoms with E-state index in [1.807, 2.05) is 46.2 Å². The third kappa shape index (κ3) is 4.58. The summed E-state index contributed by atoms with van der Waals surface area (Å²) in [5, 5.41) is 10.3. The number of nitrogens with zero attached hydrogens (tertiary/aromatic N) is 3. The minimum absolute atomic E-state index is 0.00337. The van der Waals surface area contributed by atoms with Crippen molar-refractivity contribution < 1.29 is 14.7 Å². The Morgan fingerprint density at radius 3 is 2.07 bits per heavy atom. The Balaban J connectivity index is 1.39. The lowest BCUT2D eigenvalue weighted by Gasteiger charge is -2.38. The Labute approximate surface area is 177 Å². The predicted molar refractivity (Wildman–Crippen MR) is 116 cm³/mol. The maximum atomic E-state index is 13.1. The standard InChI is InChI=1S/C24H29N3O3/c28-22-10-9-20(17-19-7-3-1-4-8-19)18-21(22)23(29)25-13-15-27(16-14-25)24(30)26-11-5-2-6-12-26/h1,3-4,7-10,18,28H,2,5-6,11-17H2. The minimum atomic E-state index is -0.174. The van der Waals surface area contributed by atoms with Crippen LogP contribution < -0.4 is 0 Å². The van der Waals surface area contributed by atoms with Crippen molar-refractivity contribution in [1.29, 1.82) is 0 Å². The van der Waals surface area contributed by atoms with Gasteiger partial charge in [0.25, 0.3) is 5.91 Å². The highest BCUT2D eigenvalue weighted by atomic mass is 16.3. The molecule has 0 atom stereocenters. The third-order valence-corrected chi connectivity index (χ3v) is 6.01. The van der Waals surface area contributed by atoms with Gasteiger partial charge in [-0.25, -0.2) is 4.79 Å². The molecule has 0 spiro atoms. The first-order valence-electron chi connectivity index (χ1n) is 10.8. The number of likely N-dealkylation sites (tertiary alicyclic amines) is 1. The van der Waals surface area contributed by atoms with Gasteiger partial charge in [0.05, 0.1) is 5.56 Å². The van der Waals surface area contributed by atoms with E-state index >= 15 is 0 Å². The van der Waals surface area contributed by atoms with Crippen molar-refractivity contribution in [1.82, 2.24) is 14.7 Å². The summed E-state index contributed by atoms with van der Waals surface area (Å²) in [7, 11) is 0. The van der Waals surface area contributed by atoms with Crippen LogP contribution >= 0.6 is 0 Å². The summed E-state index contributed by atoms with van der Waals surface area (Å²) in [6, 6.07) is 15.4. The van der Waals surface area contributed by atoms with E-state index in [2.05, 4.69) is 0 Å². The molecule has 0 aliphatic carbocycles. The monoisotopic (exact) mass is 407 g/mol. The van der Waals surface area contributed by atoms with Crippen LogP contribution in [0.4, 0.5) is 4.79 Å². The molecule has 3 amide bonds. The molecule has 0 saturated carbocycles. The number of rotatable bonds is 3. The molecule has 2 aliphatic rings. The zero-order valence-corrected chi connectivity index (χ0v) is 17.3. The number of aromatic hydroxyl groups is 1. The van der Waals surface area contributed by atoms with Gasteiger partial charge in [0.15, 0.2) is 0 Å². The number of benzene rings is 2. The van der Waals surface area contributed by atoms with E-state index in [4.69, 9.17) is 0 Å². The van der Waals surface area contributed by atoms with Gasteiger partial charge in [-0.3, -0.25) is 4.79 Å². The summed E-state index contributed by atoms with van der Waals surface area (Å²) in [5.74, 6) is -0.170. The van der Waals surface area contributed by atoms with E-state index in [1.54, 1.807) is 17.0 Å². The Bertz CT molecular complexity index is 886. The Hall–Kier alpha value is -3.02. The molecule has 30 heavy (non-hydrogen) atoms. The number of piperazine rings is 1. The zero-order valence-electron chi connectivity index (χ0n) is 17.3. The molecule has 0 radical (unpaired) electrons. The van der Waals surface area contributed by atoms with Gasteiger partial charge in [-0.05, 0) is 48.9 Å². The van der Waals surface area contributed by atoms with Crippen LogP contribution in [0.25, 0.3) is 0 Å². The molecule has 158 valence electrons. The molecule has 2 fully saturated rings. The molecular weight excluding hydrogens is 378 g/mol. The summed E-state index contributed by atoms with van der Waals surface area (Å²) >= 11 is 0. The number of hydrogen-bond donors (Lipinski definition) is 1. The lowest BCUT2D eigenvalue weighted by atomic mass is 10.0. The van der Waals surface area contributed by atoms with E-state index in [-0.39, 0.29) is 17.7 Å². The molecular formula is C24H29N3O3. The summed E-state index contributed by atoms with van der Waals surface area (Å²) in [5.41, 5.74) is 2.48. The molecule has 0 aromatic heterocycles. The number of phenolic OH excluding ortho intramolecular Hbond substituents is 1. The first-order valence-corrected chi connectivity index (χ1v) is 10.8. The number of phenols is 1. The van der Waals surface area contributed by atoms with Crippen LogP contribution in [0.3, 0.4) is 0 Å². The number of carbonyl (C=O) groups excluding carboxylic acids is 2. The second-order valence-electron chi connectivity index (χ2n) is 8.12. The number of piperidine rings is 1. The summed E-state index contributed by atoms with van der Waals surface area (Å²) in [4.78, 5) is 31.3. The molecule has 6 heteroatoms. The second kappa shape index (κ2) is 9.20. The van der Waals surface area contributed by atoms with Crippen molar-refractivity contribution in [3.05, 3.63) is 65.2 Å². The van der Waals surface area contributed by atoms with Crippen molar-refractivity contribution in [2.45, 2.75) is 25.7 Å². The third-order valence-electron chi connectivity index (χ3n) is 6.01. The first kappa shape index (κ1) is 20.3. The lowest BCUT2D eigenvalue weighted by molar-refractivity contribution is 0.0630. The molecule has 1 N–H and O–H groups in total.